The predicted molar refractivity (Wildman–Crippen MR) is 98.6 cm³/mol. The summed E-state index contributed by atoms with van der Waals surface area (Å²) in [4.78, 5) is 18.8. The first-order valence-electron chi connectivity index (χ1n) is 8.70. The lowest BCUT2D eigenvalue weighted by molar-refractivity contribution is -0.117. The molecule has 0 radical (unpaired) electrons. The summed E-state index contributed by atoms with van der Waals surface area (Å²) in [5, 5.41) is 10.7. The zero-order valence-electron chi connectivity index (χ0n) is 15.1. The number of hydrogen-bond donors (Lipinski definition) is 2. The number of amides is 1. The maximum Gasteiger partial charge on any atom is 0.238 e. The van der Waals surface area contributed by atoms with Crippen LogP contribution in [0.2, 0.25) is 0 Å². The van der Waals surface area contributed by atoms with Crippen molar-refractivity contribution in [1.82, 2.24) is 19.7 Å². The van der Waals surface area contributed by atoms with Crippen molar-refractivity contribution in [3.05, 3.63) is 35.8 Å². The number of aryl methyl sites for hydroxylation is 2. The first-order chi connectivity index (χ1) is 12.0. The molecule has 0 aliphatic carbocycles. The summed E-state index contributed by atoms with van der Waals surface area (Å²) >= 11 is 0. The Morgan fingerprint density at radius 2 is 2.20 bits per heavy atom. The first kappa shape index (κ1) is 17.4. The number of likely N-dealkylation sites (tertiary alicyclic amines) is 1. The van der Waals surface area contributed by atoms with Gasteiger partial charge in [0.1, 0.15) is 5.82 Å². The van der Waals surface area contributed by atoms with Gasteiger partial charge in [-0.2, -0.15) is 5.10 Å². The second-order valence-electron chi connectivity index (χ2n) is 6.70. The molecule has 2 aromatic rings. The number of rotatable bonds is 6. The SMILES string of the molecule is Cc1nn(C)c(C)c1NC(=O)CN1CCC(CNc2ccccn2)C1. The lowest BCUT2D eigenvalue weighted by Crippen LogP contribution is -2.32. The van der Waals surface area contributed by atoms with Gasteiger partial charge in [-0.25, -0.2) is 4.98 Å². The van der Waals surface area contributed by atoms with Crippen molar-refractivity contribution in [2.75, 3.05) is 36.8 Å². The fraction of sp³-hybridized carbons (Fsp3) is 0.500. The number of carbonyl (C=O) groups excluding carboxylic acids is 1. The van der Waals surface area contributed by atoms with Crippen LogP contribution in [-0.2, 0) is 11.8 Å². The molecule has 1 unspecified atom stereocenters. The topological polar surface area (TPSA) is 75.1 Å². The Morgan fingerprint density at radius 3 is 2.88 bits per heavy atom. The van der Waals surface area contributed by atoms with E-state index in [2.05, 4.69) is 25.6 Å². The Labute approximate surface area is 148 Å². The molecule has 7 heteroatoms. The number of pyridine rings is 1. The quantitative estimate of drug-likeness (QED) is 0.837. The van der Waals surface area contributed by atoms with Crippen LogP contribution in [0.5, 0.6) is 0 Å². The summed E-state index contributed by atoms with van der Waals surface area (Å²) in [5.41, 5.74) is 2.66. The normalized spacial score (nSPS) is 17.6. The highest BCUT2D eigenvalue weighted by Crippen LogP contribution is 2.20. The van der Waals surface area contributed by atoms with Gasteiger partial charge in [-0.3, -0.25) is 14.4 Å². The first-order valence-corrected chi connectivity index (χ1v) is 8.70. The van der Waals surface area contributed by atoms with Gasteiger partial charge in [0, 0.05) is 26.3 Å². The summed E-state index contributed by atoms with van der Waals surface area (Å²) in [7, 11) is 1.89. The van der Waals surface area contributed by atoms with E-state index in [0.29, 0.717) is 12.5 Å². The Kier molecular flexibility index (Phi) is 5.33. The van der Waals surface area contributed by atoms with Crippen LogP contribution in [0, 0.1) is 19.8 Å². The Morgan fingerprint density at radius 1 is 1.36 bits per heavy atom. The monoisotopic (exact) mass is 342 g/mol. The van der Waals surface area contributed by atoms with Crippen LogP contribution in [0.3, 0.4) is 0 Å². The van der Waals surface area contributed by atoms with Crippen molar-refractivity contribution < 1.29 is 4.79 Å². The van der Waals surface area contributed by atoms with Crippen molar-refractivity contribution in [3.8, 4) is 0 Å². The van der Waals surface area contributed by atoms with Crippen LogP contribution in [0.15, 0.2) is 24.4 Å². The van der Waals surface area contributed by atoms with Crippen LogP contribution in [0.1, 0.15) is 17.8 Å². The summed E-state index contributed by atoms with van der Waals surface area (Å²) < 4.78 is 1.79. The van der Waals surface area contributed by atoms with Gasteiger partial charge in [0.25, 0.3) is 0 Å². The zero-order valence-corrected chi connectivity index (χ0v) is 15.1. The fourth-order valence-electron chi connectivity index (χ4n) is 3.28. The highest BCUT2D eigenvalue weighted by molar-refractivity contribution is 5.93. The fourth-order valence-corrected chi connectivity index (χ4v) is 3.28. The lowest BCUT2D eigenvalue weighted by Gasteiger charge is -2.16. The Bertz CT molecular complexity index is 727. The third kappa shape index (κ3) is 4.36. The maximum absolute atomic E-state index is 12.4. The van der Waals surface area contributed by atoms with Crippen molar-refractivity contribution in [2.45, 2.75) is 20.3 Å². The standard InChI is InChI=1S/C18H26N6O/c1-13-18(14(2)23(3)22-13)21-17(25)12-24-9-7-15(11-24)10-20-16-6-4-5-8-19-16/h4-6,8,15H,7,9-12H2,1-3H3,(H,19,20)(H,21,25). The largest absolute Gasteiger partial charge is 0.370 e. The molecule has 2 N–H and O–H groups in total. The highest BCUT2D eigenvalue weighted by atomic mass is 16.2. The molecular weight excluding hydrogens is 316 g/mol. The van der Waals surface area contributed by atoms with E-state index >= 15 is 0 Å². The Hall–Kier alpha value is -2.41. The molecule has 1 saturated heterocycles. The molecule has 1 atom stereocenters. The molecule has 3 rings (SSSR count). The average molecular weight is 342 g/mol. The molecule has 1 fully saturated rings. The van der Waals surface area contributed by atoms with Gasteiger partial charge in [-0.05, 0) is 44.9 Å². The van der Waals surface area contributed by atoms with Gasteiger partial charge >= 0.3 is 0 Å². The van der Waals surface area contributed by atoms with Crippen molar-refractivity contribution in [1.29, 1.82) is 0 Å². The van der Waals surface area contributed by atoms with E-state index in [1.165, 1.54) is 0 Å². The summed E-state index contributed by atoms with van der Waals surface area (Å²) in [5.74, 6) is 1.47. The molecule has 0 bridgehead atoms. The third-order valence-corrected chi connectivity index (χ3v) is 4.75. The average Bonchev–Trinajstić information content (AvgIpc) is 3.14. The van der Waals surface area contributed by atoms with Crippen molar-refractivity contribution in [2.24, 2.45) is 13.0 Å². The number of aromatic nitrogens is 3. The molecule has 25 heavy (non-hydrogen) atoms. The molecule has 0 spiro atoms. The van der Waals surface area contributed by atoms with E-state index in [-0.39, 0.29) is 5.91 Å². The molecular formula is C18H26N6O. The number of hydrogen-bond acceptors (Lipinski definition) is 5. The van der Waals surface area contributed by atoms with Crippen molar-refractivity contribution >= 4 is 17.4 Å². The summed E-state index contributed by atoms with van der Waals surface area (Å²) in [6.07, 6.45) is 2.88. The van der Waals surface area contributed by atoms with Gasteiger partial charge in [-0.1, -0.05) is 6.07 Å². The minimum absolute atomic E-state index is 0.0255. The minimum Gasteiger partial charge on any atom is -0.370 e. The van der Waals surface area contributed by atoms with Crippen LogP contribution in [0.25, 0.3) is 0 Å². The van der Waals surface area contributed by atoms with E-state index in [0.717, 1.165) is 48.9 Å². The molecule has 2 aromatic heterocycles. The van der Waals surface area contributed by atoms with Crippen LogP contribution in [-0.4, -0.2) is 51.8 Å². The molecule has 0 aromatic carbocycles. The molecule has 0 saturated carbocycles. The minimum atomic E-state index is 0.0255. The van der Waals surface area contributed by atoms with Crippen LogP contribution >= 0.6 is 0 Å². The van der Waals surface area contributed by atoms with Gasteiger partial charge < -0.3 is 10.6 Å². The van der Waals surface area contributed by atoms with Gasteiger partial charge in [0.15, 0.2) is 0 Å². The zero-order chi connectivity index (χ0) is 17.8. The molecule has 1 aliphatic rings. The smallest absolute Gasteiger partial charge is 0.238 e. The Balaban J connectivity index is 1.45. The molecule has 134 valence electrons. The van der Waals surface area contributed by atoms with Gasteiger partial charge in [0.2, 0.25) is 5.91 Å². The second-order valence-corrected chi connectivity index (χ2v) is 6.70. The van der Waals surface area contributed by atoms with Gasteiger partial charge in [-0.15, -0.1) is 0 Å². The van der Waals surface area contributed by atoms with E-state index in [1.54, 1.807) is 10.9 Å². The van der Waals surface area contributed by atoms with E-state index < -0.39 is 0 Å². The second kappa shape index (κ2) is 7.65. The van der Waals surface area contributed by atoms with Crippen LogP contribution in [0.4, 0.5) is 11.5 Å². The lowest BCUT2D eigenvalue weighted by atomic mass is 10.1. The number of anilines is 2. The summed E-state index contributed by atoms with van der Waals surface area (Å²) in [6, 6.07) is 5.86. The van der Waals surface area contributed by atoms with E-state index in [9.17, 15) is 4.79 Å². The van der Waals surface area contributed by atoms with E-state index in [1.807, 2.05) is 39.1 Å². The highest BCUT2D eigenvalue weighted by Gasteiger charge is 2.24. The number of nitrogens with one attached hydrogen (secondary N) is 2. The van der Waals surface area contributed by atoms with Gasteiger partial charge in [0.05, 0.1) is 23.6 Å². The molecule has 1 aliphatic heterocycles. The maximum atomic E-state index is 12.4. The van der Waals surface area contributed by atoms with E-state index in [4.69, 9.17) is 0 Å². The van der Waals surface area contributed by atoms with Crippen molar-refractivity contribution in [3.63, 3.8) is 0 Å². The third-order valence-electron chi connectivity index (χ3n) is 4.75. The number of carbonyl (C=O) groups is 1. The summed E-state index contributed by atoms with van der Waals surface area (Å²) in [6.45, 7) is 7.07. The molecule has 1 amide bonds. The molecule has 7 nitrogen and oxygen atoms in total. The molecule has 3 heterocycles. The number of nitrogens with zero attached hydrogens (tertiary/aromatic N) is 4. The predicted octanol–water partition coefficient (Wildman–Crippen LogP) is 1.80. The van der Waals surface area contributed by atoms with Crippen LogP contribution < -0.4 is 10.6 Å².